The zero-order chi connectivity index (χ0) is 16.4. The monoisotopic (exact) mass is 308 g/mol. The lowest BCUT2D eigenvalue weighted by Crippen LogP contribution is -2.00. The van der Waals surface area contributed by atoms with Crippen LogP contribution in [0.5, 0.6) is 11.5 Å². The van der Waals surface area contributed by atoms with Crippen molar-refractivity contribution in [3.8, 4) is 11.5 Å². The van der Waals surface area contributed by atoms with Crippen LogP contribution in [0, 0.1) is 0 Å². The van der Waals surface area contributed by atoms with Crippen molar-refractivity contribution >= 4 is 11.5 Å². The molecule has 0 atom stereocenters. The molecule has 1 aromatic carbocycles. The summed E-state index contributed by atoms with van der Waals surface area (Å²) in [5, 5.41) is 17.5. The van der Waals surface area contributed by atoms with E-state index in [1.54, 1.807) is 26.2 Å². The highest BCUT2D eigenvalue weighted by molar-refractivity contribution is 5.89. The van der Waals surface area contributed by atoms with E-state index in [1.807, 2.05) is 6.07 Å². The van der Waals surface area contributed by atoms with Crippen molar-refractivity contribution in [3.63, 3.8) is 0 Å². The maximum absolute atomic E-state index is 10.7. The second-order valence-corrected chi connectivity index (χ2v) is 5.02. The zero-order valence-electron chi connectivity index (χ0n) is 13.2. The number of ether oxygens (including phenoxy) is 2. The Morgan fingerprint density at radius 2 is 1.91 bits per heavy atom. The minimum Gasteiger partial charge on any atom is -0.493 e. The van der Waals surface area contributed by atoms with E-state index in [-0.39, 0.29) is 6.61 Å². The molecule has 0 saturated heterocycles. The van der Waals surface area contributed by atoms with E-state index in [0.717, 1.165) is 37.3 Å². The van der Waals surface area contributed by atoms with E-state index >= 15 is 0 Å². The molecule has 5 nitrogen and oxygen atoms in total. The van der Waals surface area contributed by atoms with Crippen molar-refractivity contribution in [1.82, 2.24) is 0 Å². The maximum Gasteiger partial charge on any atom is 0.328 e. The molecule has 5 heteroatoms. The predicted molar refractivity (Wildman–Crippen MR) is 85.3 cm³/mol. The molecule has 0 fully saturated rings. The molecule has 122 valence electrons. The number of unbranched alkanes of at least 4 members (excludes halogenated alkanes) is 3. The molecule has 0 aliphatic heterocycles. The minimum atomic E-state index is -0.973. The summed E-state index contributed by atoms with van der Waals surface area (Å²) in [5.74, 6) is 0.266. The first-order valence-electron chi connectivity index (χ1n) is 7.41. The fourth-order valence-corrected chi connectivity index (χ4v) is 2.05. The van der Waals surface area contributed by atoms with Gasteiger partial charge in [0.05, 0.1) is 13.7 Å². The maximum atomic E-state index is 10.7. The molecule has 0 aliphatic carbocycles. The summed E-state index contributed by atoms with van der Waals surface area (Å²) in [6.07, 6.45) is 4.92. The Bertz CT molecular complexity index is 508. The summed E-state index contributed by atoms with van der Waals surface area (Å²) < 4.78 is 11.0. The van der Waals surface area contributed by atoms with Crippen LogP contribution in [0.25, 0.3) is 5.57 Å². The van der Waals surface area contributed by atoms with Crippen molar-refractivity contribution in [2.75, 3.05) is 20.3 Å². The number of hydrogen-bond acceptors (Lipinski definition) is 4. The molecule has 1 rings (SSSR count). The number of aliphatic hydroxyl groups is 1. The fourth-order valence-electron chi connectivity index (χ4n) is 2.05. The van der Waals surface area contributed by atoms with Crippen LogP contribution >= 0.6 is 0 Å². The molecule has 0 aliphatic rings. The van der Waals surface area contributed by atoms with Gasteiger partial charge in [-0.15, -0.1) is 0 Å². The summed E-state index contributed by atoms with van der Waals surface area (Å²) >= 11 is 0. The van der Waals surface area contributed by atoms with E-state index in [9.17, 15) is 4.79 Å². The summed E-state index contributed by atoms with van der Waals surface area (Å²) in [5.41, 5.74) is 1.44. The van der Waals surface area contributed by atoms with Crippen molar-refractivity contribution in [1.29, 1.82) is 0 Å². The number of carbonyl (C=O) groups is 1. The largest absolute Gasteiger partial charge is 0.493 e. The smallest absolute Gasteiger partial charge is 0.328 e. The van der Waals surface area contributed by atoms with Gasteiger partial charge in [-0.1, -0.05) is 12.5 Å². The third kappa shape index (κ3) is 6.18. The quantitative estimate of drug-likeness (QED) is 0.513. The fraction of sp³-hybridized carbons (Fsp3) is 0.471. The van der Waals surface area contributed by atoms with Crippen molar-refractivity contribution < 1.29 is 24.5 Å². The van der Waals surface area contributed by atoms with Crippen LogP contribution in [0.2, 0.25) is 0 Å². The second-order valence-electron chi connectivity index (χ2n) is 5.02. The van der Waals surface area contributed by atoms with E-state index < -0.39 is 5.97 Å². The molecular weight excluding hydrogens is 284 g/mol. The number of benzene rings is 1. The molecular formula is C17H24O5. The molecule has 0 spiro atoms. The van der Waals surface area contributed by atoms with Crippen molar-refractivity contribution in [3.05, 3.63) is 29.8 Å². The zero-order valence-corrected chi connectivity index (χ0v) is 13.2. The standard InChI is InChI=1S/C17H24O5/c1-13(11-17(19)20)14-7-8-15(16(12-14)21-2)22-10-6-4-3-5-9-18/h7-8,11-12,18H,3-6,9-10H2,1-2H3,(H,19,20)/b13-11+. The highest BCUT2D eigenvalue weighted by Gasteiger charge is 2.07. The topological polar surface area (TPSA) is 76.0 Å². The first-order valence-corrected chi connectivity index (χ1v) is 7.41. The molecule has 0 amide bonds. The number of aliphatic hydroxyl groups excluding tert-OH is 1. The number of aliphatic carboxylic acids is 1. The lowest BCUT2D eigenvalue weighted by atomic mass is 10.1. The van der Waals surface area contributed by atoms with E-state index in [0.29, 0.717) is 23.7 Å². The van der Waals surface area contributed by atoms with Crippen LogP contribution in [0.1, 0.15) is 38.2 Å². The van der Waals surface area contributed by atoms with Crippen LogP contribution < -0.4 is 9.47 Å². The molecule has 1 aromatic rings. The number of carboxylic acids is 1. The van der Waals surface area contributed by atoms with Gasteiger partial charge < -0.3 is 19.7 Å². The van der Waals surface area contributed by atoms with Crippen LogP contribution in [-0.2, 0) is 4.79 Å². The number of rotatable bonds is 10. The Balaban J connectivity index is 2.63. The summed E-state index contributed by atoms with van der Waals surface area (Å²) in [6.45, 7) is 2.56. The van der Waals surface area contributed by atoms with Gasteiger partial charge in [0.25, 0.3) is 0 Å². The van der Waals surface area contributed by atoms with Gasteiger partial charge >= 0.3 is 5.97 Å². The van der Waals surface area contributed by atoms with Crippen molar-refractivity contribution in [2.24, 2.45) is 0 Å². The minimum absolute atomic E-state index is 0.235. The van der Waals surface area contributed by atoms with Gasteiger partial charge in [-0.3, -0.25) is 0 Å². The third-order valence-electron chi connectivity index (χ3n) is 3.27. The molecule has 0 radical (unpaired) electrons. The number of carboxylic acid groups (broad SMARTS) is 1. The average Bonchev–Trinajstić information content (AvgIpc) is 2.50. The highest BCUT2D eigenvalue weighted by atomic mass is 16.5. The molecule has 2 N–H and O–H groups in total. The van der Waals surface area contributed by atoms with Gasteiger partial charge in [0.2, 0.25) is 0 Å². The average molecular weight is 308 g/mol. The molecule has 0 bridgehead atoms. The third-order valence-corrected chi connectivity index (χ3v) is 3.27. The summed E-state index contributed by atoms with van der Waals surface area (Å²) in [6, 6.07) is 5.38. The van der Waals surface area contributed by atoms with Gasteiger partial charge in [-0.25, -0.2) is 4.79 Å². The molecule has 0 saturated carbocycles. The Kier molecular flexibility index (Phi) is 8.07. The van der Waals surface area contributed by atoms with Gasteiger partial charge in [-0.05, 0) is 49.5 Å². The molecule has 0 heterocycles. The lowest BCUT2D eigenvalue weighted by molar-refractivity contribution is -0.131. The molecule has 0 unspecified atom stereocenters. The van der Waals surface area contributed by atoms with Gasteiger partial charge in [0.15, 0.2) is 11.5 Å². The van der Waals surface area contributed by atoms with Gasteiger partial charge in [0.1, 0.15) is 0 Å². The molecule has 22 heavy (non-hydrogen) atoms. The Morgan fingerprint density at radius 3 is 2.55 bits per heavy atom. The van der Waals surface area contributed by atoms with Crippen LogP contribution in [0.15, 0.2) is 24.3 Å². The first-order chi connectivity index (χ1) is 10.6. The predicted octanol–water partition coefficient (Wildman–Crippen LogP) is 3.11. The highest BCUT2D eigenvalue weighted by Crippen LogP contribution is 2.30. The second kappa shape index (κ2) is 9.84. The normalized spacial score (nSPS) is 11.3. The Hall–Kier alpha value is -2.01. The lowest BCUT2D eigenvalue weighted by Gasteiger charge is -2.12. The van der Waals surface area contributed by atoms with Crippen LogP contribution in [0.3, 0.4) is 0 Å². The molecule has 0 aromatic heterocycles. The summed E-state index contributed by atoms with van der Waals surface area (Å²) in [4.78, 5) is 10.7. The van der Waals surface area contributed by atoms with Crippen LogP contribution in [0.4, 0.5) is 0 Å². The SMILES string of the molecule is COc1cc(/C(C)=C/C(=O)O)ccc1OCCCCCCO. The number of allylic oxidation sites excluding steroid dienone is 1. The van der Waals surface area contributed by atoms with Gasteiger partial charge in [-0.2, -0.15) is 0 Å². The number of methoxy groups -OCH3 is 1. The van der Waals surface area contributed by atoms with Crippen LogP contribution in [-0.4, -0.2) is 36.5 Å². The van der Waals surface area contributed by atoms with Crippen molar-refractivity contribution in [2.45, 2.75) is 32.6 Å². The Morgan fingerprint density at radius 1 is 1.18 bits per heavy atom. The van der Waals surface area contributed by atoms with E-state index in [1.165, 1.54) is 0 Å². The van der Waals surface area contributed by atoms with Gasteiger partial charge in [0, 0.05) is 12.7 Å². The Labute approximate surface area is 131 Å². The van der Waals surface area contributed by atoms with E-state index in [4.69, 9.17) is 19.7 Å². The number of hydrogen-bond donors (Lipinski definition) is 2. The first kappa shape index (κ1) is 18.0. The summed E-state index contributed by atoms with van der Waals surface area (Å²) in [7, 11) is 1.56. The van der Waals surface area contributed by atoms with E-state index in [2.05, 4.69) is 0 Å².